The summed E-state index contributed by atoms with van der Waals surface area (Å²) >= 11 is 0. The maximum Gasteiger partial charge on any atom is 0.358 e. The molecule has 0 saturated carbocycles. The molecule has 0 aliphatic heterocycles. The predicted octanol–water partition coefficient (Wildman–Crippen LogP) is 3.42. The van der Waals surface area contributed by atoms with Crippen molar-refractivity contribution in [3.63, 3.8) is 0 Å². The molecule has 0 fully saturated rings. The molecule has 0 bridgehead atoms. The van der Waals surface area contributed by atoms with Gasteiger partial charge >= 0.3 is 5.69 Å². The summed E-state index contributed by atoms with van der Waals surface area (Å²) in [5, 5.41) is 4.25. The van der Waals surface area contributed by atoms with Crippen molar-refractivity contribution in [2.75, 3.05) is 0 Å². The number of benzene rings is 2. The highest BCUT2D eigenvalue weighted by molar-refractivity contribution is 5.44. The molecule has 4 rings (SSSR count). The maximum absolute atomic E-state index is 14.3. The normalized spacial score (nSPS) is 10.9. The first-order valence-electron chi connectivity index (χ1n) is 7.33. The van der Waals surface area contributed by atoms with Gasteiger partial charge in [-0.2, -0.15) is 4.68 Å². The van der Waals surface area contributed by atoms with Gasteiger partial charge < -0.3 is 4.74 Å². The fourth-order valence-electron chi connectivity index (χ4n) is 2.44. The Labute approximate surface area is 136 Å². The highest BCUT2D eigenvalue weighted by atomic mass is 19.1. The summed E-state index contributed by atoms with van der Waals surface area (Å²) in [7, 11) is 0. The van der Waals surface area contributed by atoms with Crippen LogP contribution in [0.2, 0.25) is 0 Å². The van der Waals surface area contributed by atoms with Crippen LogP contribution in [0.4, 0.5) is 4.39 Å². The van der Waals surface area contributed by atoms with Crippen molar-refractivity contribution in [3.8, 4) is 17.3 Å². The molecular weight excluding hydrogens is 309 g/mol. The summed E-state index contributed by atoms with van der Waals surface area (Å²) in [5.41, 5.74) is 0.398. The Kier molecular flexibility index (Phi) is 3.35. The highest BCUT2D eigenvalue weighted by Gasteiger charge is 2.17. The Hall–Kier alpha value is -3.41. The van der Waals surface area contributed by atoms with Gasteiger partial charge in [-0.05, 0) is 36.4 Å². The first-order chi connectivity index (χ1) is 11.7. The molecule has 0 amide bonds. The second-order valence-corrected chi connectivity index (χ2v) is 5.13. The summed E-state index contributed by atoms with van der Waals surface area (Å²) in [6.45, 7) is 0. The Balaban J connectivity index is 1.92. The molecule has 0 atom stereocenters. The van der Waals surface area contributed by atoms with Crippen LogP contribution in [0.3, 0.4) is 0 Å². The van der Waals surface area contributed by atoms with Crippen LogP contribution in [-0.4, -0.2) is 14.2 Å². The van der Waals surface area contributed by atoms with Gasteiger partial charge in [0.1, 0.15) is 5.75 Å². The monoisotopic (exact) mass is 321 g/mol. The zero-order valence-electron chi connectivity index (χ0n) is 12.5. The van der Waals surface area contributed by atoms with E-state index in [4.69, 9.17) is 4.74 Å². The zero-order valence-corrected chi connectivity index (χ0v) is 12.5. The lowest BCUT2D eigenvalue weighted by Crippen LogP contribution is -2.20. The van der Waals surface area contributed by atoms with E-state index in [0.29, 0.717) is 17.1 Å². The van der Waals surface area contributed by atoms with Gasteiger partial charge in [0.15, 0.2) is 11.5 Å². The van der Waals surface area contributed by atoms with Crippen molar-refractivity contribution in [1.29, 1.82) is 0 Å². The molecule has 5 nitrogen and oxygen atoms in total. The number of ether oxygens (including phenoxy) is 1. The van der Waals surface area contributed by atoms with E-state index >= 15 is 0 Å². The summed E-state index contributed by atoms with van der Waals surface area (Å²) in [4.78, 5) is 12.7. The van der Waals surface area contributed by atoms with Gasteiger partial charge in [0.25, 0.3) is 0 Å². The zero-order chi connectivity index (χ0) is 16.5. The van der Waals surface area contributed by atoms with Crippen LogP contribution in [0.5, 0.6) is 11.6 Å². The lowest BCUT2D eigenvalue weighted by atomic mass is 10.3. The number of nitrogens with zero attached hydrogens (tertiary/aromatic N) is 3. The summed E-state index contributed by atoms with van der Waals surface area (Å²) < 4.78 is 22.2. The van der Waals surface area contributed by atoms with E-state index in [1.165, 1.54) is 16.8 Å². The van der Waals surface area contributed by atoms with Crippen LogP contribution in [0, 0.1) is 5.82 Å². The quantitative estimate of drug-likeness (QED) is 0.581. The maximum atomic E-state index is 14.3. The van der Waals surface area contributed by atoms with Gasteiger partial charge in [-0.15, -0.1) is 5.10 Å². The Morgan fingerprint density at radius 2 is 1.54 bits per heavy atom. The number of hydrogen-bond donors (Lipinski definition) is 0. The summed E-state index contributed by atoms with van der Waals surface area (Å²) in [6, 6.07) is 20.3. The number of halogens is 1. The first-order valence-corrected chi connectivity index (χ1v) is 7.33. The fraction of sp³-hybridized carbons (Fsp3) is 0. The van der Waals surface area contributed by atoms with Gasteiger partial charge in [0.05, 0.1) is 5.69 Å². The van der Waals surface area contributed by atoms with E-state index in [-0.39, 0.29) is 5.88 Å². The van der Waals surface area contributed by atoms with Gasteiger partial charge in [0, 0.05) is 0 Å². The third kappa shape index (κ3) is 2.34. The van der Waals surface area contributed by atoms with Gasteiger partial charge in [-0.25, -0.2) is 13.6 Å². The van der Waals surface area contributed by atoms with Crippen molar-refractivity contribution < 1.29 is 9.13 Å². The lowest BCUT2D eigenvalue weighted by Gasteiger charge is -2.07. The number of fused-ring (bicyclic) bond motifs is 1. The van der Waals surface area contributed by atoms with E-state index < -0.39 is 11.5 Å². The van der Waals surface area contributed by atoms with Crippen molar-refractivity contribution in [2.45, 2.75) is 0 Å². The minimum atomic E-state index is -0.638. The minimum Gasteiger partial charge on any atom is -0.437 e. The van der Waals surface area contributed by atoms with E-state index in [1.807, 2.05) is 12.1 Å². The van der Waals surface area contributed by atoms with Crippen LogP contribution < -0.4 is 10.4 Å². The first kappa shape index (κ1) is 14.2. The van der Waals surface area contributed by atoms with E-state index in [9.17, 15) is 9.18 Å². The van der Waals surface area contributed by atoms with Crippen LogP contribution in [0.1, 0.15) is 0 Å². The average molecular weight is 321 g/mol. The largest absolute Gasteiger partial charge is 0.437 e. The Morgan fingerprint density at radius 3 is 2.25 bits per heavy atom. The summed E-state index contributed by atoms with van der Waals surface area (Å²) in [6.07, 6.45) is 0. The topological polar surface area (TPSA) is 48.5 Å². The molecule has 0 unspecified atom stereocenters. The molecule has 0 aliphatic rings. The van der Waals surface area contributed by atoms with E-state index in [2.05, 4.69) is 5.10 Å². The molecular formula is C18H12FN3O2. The molecule has 2 aromatic heterocycles. The van der Waals surface area contributed by atoms with Crippen molar-refractivity contribution in [1.82, 2.24) is 14.2 Å². The lowest BCUT2D eigenvalue weighted by molar-refractivity contribution is 0.414. The predicted molar refractivity (Wildman–Crippen MR) is 87.3 cm³/mol. The Bertz CT molecular complexity index is 1060. The molecule has 24 heavy (non-hydrogen) atoms. The molecule has 118 valence electrons. The SMILES string of the molecule is O=c1n(-c2ccccc2)nc2ccc(F)c(Oc3ccccc3)n12. The number of para-hydroxylation sites is 2. The second-order valence-electron chi connectivity index (χ2n) is 5.13. The smallest absolute Gasteiger partial charge is 0.358 e. The van der Waals surface area contributed by atoms with Gasteiger partial charge in [-0.1, -0.05) is 36.4 Å². The molecule has 2 heterocycles. The van der Waals surface area contributed by atoms with Crippen LogP contribution in [-0.2, 0) is 0 Å². The fourth-order valence-corrected chi connectivity index (χ4v) is 2.44. The average Bonchev–Trinajstić information content (AvgIpc) is 2.96. The van der Waals surface area contributed by atoms with Crippen molar-refractivity contribution in [2.24, 2.45) is 0 Å². The van der Waals surface area contributed by atoms with Crippen molar-refractivity contribution in [3.05, 3.63) is 89.1 Å². The molecule has 0 saturated heterocycles. The summed E-state index contributed by atoms with van der Waals surface area (Å²) in [5.74, 6) is -0.393. The molecule has 0 spiro atoms. The number of rotatable bonds is 3. The van der Waals surface area contributed by atoms with E-state index in [0.717, 1.165) is 4.40 Å². The number of aromatic nitrogens is 3. The van der Waals surface area contributed by atoms with Gasteiger partial charge in [0.2, 0.25) is 5.88 Å². The third-order valence-electron chi connectivity index (χ3n) is 3.55. The van der Waals surface area contributed by atoms with E-state index in [1.54, 1.807) is 48.5 Å². The standard InChI is InChI=1S/C18H12FN3O2/c19-15-11-12-16-20-22(13-7-3-1-4-8-13)18(23)21(16)17(15)24-14-9-5-2-6-10-14/h1-12H. The van der Waals surface area contributed by atoms with Gasteiger partial charge in [-0.3, -0.25) is 0 Å². The van der Waals surface area contributed by atoms with Crippen LogP contribution in [0.25, 0.3) is 11.3 Å². The highest BCUT2D eigenvalue weighted by Crippen LogP contribution is 2.24. The molecule has 6 heteroatoms. The molecule has 0 radical (unpaired) electrons. The molecule has 2 aromatic carbocycles. The number of pyridine rings is 1. The van der Waals surface area contributed by atoms with Crippen LogP contribution in [0.15, 0.2) is 77.6 Å². The van der Waals surface area contributed by atoms with Crippen LogP contribution >= 0.6 is 0 Å². The minimum absolute atomic E-state index is 0.189. The molecule has 4 aromatic rings. The molecule has 0 aliphatic carbocycles. The molecule has 0 N–H and O–H groups in total. The second kappa shape index (κ2) is 5.66. The number of hydrogen-bond acceptors (Lipinski definition) is 3. The van der Waals surface area contributed by atoms with Crippen molar-refractivity contribution >= 4 is 5.65 Å². The third-order valence-corrected chi connectivity index (χ3v) is 3.55. The Morgan fingerprint density at radius 1 is 0.875 bits per heavy atom.